The van der Waals surface area contributed by atoms with Crippen LogP contribution in [0.15, 0.2) is 24.3 Å². The van der Waals surface area contributed by atoms with Crippen molar-refractivity contribution in [3.05, 3.63) is 29.8 Å². The highest BCUT2D eigenvalue weighted by Crippen LogP contribution is 2.17. The first-order valence-corrected chi connectivity index (χ1v) is 6.04. The van der Waals surface area contributed by atoms with E-state index in [0.29, 0.717) is 5.88 Å². The minimum absolute atomic E-state index is 0.699. The lowest BCUT2D eigenvalue weighted by atomic mass is 10.1. The lowest BCUT2D eigenvalue weighted by molar-refractivity contribution is 0.589. The molecule has 0 aromatic heterocycles. The number of aryl methyl sites for hydroxylation is 1. The summed E-state index contributed by atoms with van der Waals surface area (Å²) >= 11 is 5.75. The third-order valence-electron chi connectivity index (χ3n) is 2.78. The second-order valence-electron chi connectivity index (χ2n) is 3.85. The van der Waals surface area contributed by atoms with Crippen molar-refractivity contribution in [3.8, 4) is 0 Å². The molecule has 0 atom stereocenters. The van der Waals surface area contributed by atoms with E-state index in [-0.39, 0.29) is 0 Å². The maximum Gasteiger partial charge on any atom is 0.0369 e. The van der Waals surface area contributed by atoms with Crippen LogP contribution in [0, 0.1) is 0 Å². The molecule has 3 heteroatoms. The maximum atomic E-state index is 5.75. The van der Waals surface area contributed by atoms with Crippen LogP contribution in [-0.4, -0.2) is 32.1 Å². The van der Waals surface area contributed by atoms with Crippen LogP contribution in [0.1, 0.15) is 5.56 Å². The van der Waals surface area contributed by atoms with Crippen LogP contribution in [0.4, 0.5) is 5.69 Å². The van der Waals surface area contributed by atoms with Gasteiger partial charge in [0.1, 0.15) is 0 Å². The van der Waals surface area contributed by atoms with E-state index in [1.165, 1.54) is 11.3 Å². The van der Waals surface area contributed by atoms with Crippen LogP contribution >= 0.6 is 11.6 Å². The monoisotopic (exact) mass is 224 g/mol. The van der Waals surface area contributed by atoms with Crippen molar-refractivity contribution in [1.82, 2.24) is 5.32 Å². The van der Waals surface area contributed by atoms with E-state index in [2.05, 4.69) is 34.5 Å². The Morgan fingerprint density at radius 3 is 2.80 bits per heavy atom. The van der Waals surface area contributed by atoms with Gasteiger partial charge in [-0.15, -0.1) is 11.6 Å². The van der Waals surface area contributed by atoms with Gasteiger partial charge in [0.15, 0.2) is 0 Å². The summed E-state index contributed by atoms with van der Waals surface area (Å²) in [6, 6.07) is 8.71. The molecule has 0 bridgehead atoms. The minimum atomic E-state index is 0.699. The lowest BCUT2D eigenvalue weighted by Crippen LogP contribution is -2.43. The first-order chi connectivity index (χ1) is 7.40. The fourth-order valence-electron chi connectivity index (χ4n) is 1.94. The lowest BCUT2D eigenvalue weighted by Gasteiger charge is -2.29. The van der Waals surface area contributed by atoms with E-state index in [9.17, 15) is 0 Å². The molecular weight excluding hydrogens is 208 g/mol. The predicted octanol–water partition coefficient (Wildman–Crippen LogP) is 1.88. The molecule has 1 aliphatic rings. The topological polar surface area (TPSA) is 15.3 Å². The van der Waals surface area contributed by atoms with Gasteiger partial charge in [-0.2, -0.15) is 0 Å². The number of nitrogens with one attached hydrogen (secondary N) is 1. The van der Waals surface area contributed by atoms with E-state index in [1.54, 1.807) is 0 Å². The molecule has 2 rings (SSSR count). The smallest absolute Gasteiger partial charge is 0.0369 e. The van der Waals surface area contributed by atoms with E-state index in [1.807, 2.05) is 0 Å². The number of halogens is 1. The molecule has 1 aromatic rings. The van der Waals surface area contributed by atoms with Crippen molar-refractivity contribution in [2.75, 3.05) is 37.0 Å². The molecule has 0 unspecified atom stereocenters. The van der Waals surface area contributed by atoms with E-state index in [0.717, 1.165) is 32.6 Å². The van der Waals surface area contributed by atoms with Crippen LogP contribution in [-0.2, 0) is 6.42 Å². The number of benzene rings is 1. The predicted molar refractivity (Wildman–Crippen MR) is 65.9 cm³/mol. The van der Waals surface area contributed by atoms with Gasteiger partial charge in [-0.3, -0.25) is 0 Å². The molecule has 2 nitrogen and oxygen atoms in total. The molecule has 1 fully saturated rings. The fraction of sp³-hybridized carbons (Fsp3) is 0.500. The summed E-state index contributed by atoms with van der Waals surface area (Å²) in [5, 5.41) is 3.36. The highest BCUT2D eigenvalue weighted by atomic mass is 35.5. The van der Waals surface area contributed by atoms with E-state index < -0.39 is 0 Å². The number of piperazine rings is 1. The van der Waals surface area contributed by atoms with Crippen LogP contribution < -0.4 is 10.2 Å². The van der Waals surface area contributed by atoms with Crippen molar-refractivity contribution in [2.24, 2.45) is 0 Å². The van der Waals surface area contributed by atoms with Crippen LogP contribution in [0.3, 0.4) is 0 Å². The van der Waals surface area contributed by atoms with Crippen LogP contribution in [0.25, 0.3) is 0 Å². The SMILES string of the molecule is ClCCc1cccc(N2CCNCC2)c1. The van der Waals surface area contributed by atoms with Crippen LogP contribution in [0.2, 0.25) is 0 Å². The highest BCUT2D eigenvalue weighted by Gasteiger charge is 2.09. The Kier molecular flexibility index (Phi) is 3.87. The first-order valence-electron chi connectivity index (χ1n) is 5.51. The van der Waals surface area contributed by atoms with Crippen molar-refractivity contribution in [1.29, 1.82) is 0 Å². The van der Waals surface area contributed by atoms with Crippen molar-refractivity contribution < 1.29 is 0 Å². The zero-order valence-electron chi connectivity index (χ0n) is 8.88. The van der Waals surface area contributed by atoms with Gasteiger partial charge in [0.2, 0.25) is 0 Å². The molecule has 15 heavy (non-hydrogen) atoms. The fourth-order valence-corrected chi connectivity index (χ4v) is 2.16. The van der Waals surface area contributed by atoms with Gasteiger partial charge >= 0.3 is 0 Å². The number of nitrogens with zero attached hydrogens (tertiary/aromatic N) is 1. The third-order valence-corrected chi connectivity index (χ3v) is 2.96. The summed E-state index contributed by atoms with van der Waals surface area (Å²) in [5.41, 5.74) is 2.67. The van der Waals surface area contributed by atoms with Crippen molar-refractivity contribution >= 4 is 17.3 Å². The maximum absolute atomic E-state index is 5.75. The largest absolute Gasteiger partial charge is 0.369 e. The summed E-state index contributed by atoms with van der Waals surface area (Å²) in [6.45, 7) is 4.37. The molecular formula is C12H17ClN2. The normalized spacial score (nSPS) is 16.7. The molecule has 1 heterocycles. The van der Waals surface area contributed by atoms with E-state index >= 15 is 0 Å². The molecule has 1 saturated heterocycles. The molecule has 1 aromatic carbocycles. The summed E-state index contributed by atoms with van der Waals surface area (Å²) in [7, 11) is 0. The molecule has 0 spiro atoms. The molecule has 0 amide bonds. The van der Waals surface area contributed by atoms with Gasteiger partial charge in [-0.25, -0.2) is 0 Å². The van der Waals surface area contributed by atoms with Crippen LogP contribution in [0.5, 0.6) is 0 Å². The molecule has 1 aliphatic heterocycles. The molecule has 1 N–H and O–H groups in total. The highest BCUT2D eigenvalue weighted by molar-refractivity contribution is 6.17. The summed E-state index contributed by atoms with van der Waals surface area (Å²) < 4.78 is 0. The third kappa shape index (κ3) is 2.86. The van der Waals surface area contributed by atoms with Crippen molar-refractivity contribution in [3.63, 3.8) is 0 Å². The average molecular weight is 225 g/mol. The Balaban J connectivity index is 2.09. The quantitative estimate of drug-likeness (QED) is 0.789. The van der Waals surface area contributed by atoms with Gasteiger partial charge < -0.3 is 10.2 Å². The summed E-state index contributed by atoms with van der Waals surface area (Å²) in [4.78, 5) is 2.42. The Morgan fingerprint density at radius 2 is 2.07 bits per heavy atom. The average Bonchev–Trinajstić information content (AvgIpc) is 2.31. The van der Waals surface area contributed by atoms with Gasteiger partial charge in [0.05, 0.1) is 0 Å². The van der Waals surface area contributed by atoms with Crippen molar-refractivity contribution in [2.45, 2.75) is 6.42 Å². The van der Waals surface area contributed by atoms with E-state index in [4.69, 9.17) is 11.6 Å². The number of rotatable bonds is 3. The Labute approximate surface area is 96.2 Å². The van der Waals surface area contributed by atoms with Gasteiger partial charge in [-0.1, -0.05) is 12.1 Å². The second-order valence-corrected chi connectivity index (χ2v) is 4.22. The zero-order chi connectivity index (χ0) is 10.5. The molecule has 82 valence electrons. The van der Waals surface area contributed by atoms with Gasteiger partial charge in [0.25, 0.3) is 0 Å². The second kappa shape index (κ2) is 5.38. The Hall–Kier alpha value is -0.730. The first kappa shape index (κ1) is 10.8. The number of hydrogen-bond donors (Lipinski definition) is 1. The number of anilines is 1. The zero-order valence-corrected chi connectivity index (χ0v) is 9.63. The minimum Gasteiger partial charge on any atom is -0.369 e. The molecule has 0 aliphatic carbocycles. The standard InChI is InChI=1S/C12H17ClN2/c13-5-4-11-2-1-3-12(10-11)15-8-6-14-7-9-15/h1-3,10,14H,4-9H2. The summed E-state index contributed by atoms with van der Waals surface area (Å²) in [5.74, 6) is 0.699. The number of hydrogen-bond acceptors (Lipinski definition) is 2. The molecule has 0 radical (unpaired) electrons. The molecule has 0 saturated carbocycles. The Morgan fingerprint density at radius 1 is 1.27 bits per heavy atom. The van der Waals surface area contributed by atoms with Gasteiger partial charge in [-0.05, 0) is 24.1 Å². The Bertz CT molecular complexity index is 308. The number of alkyl halides is 1. The summed E-state index contributed by atoms with van der Waals surface area (Å²) in [6.07, 6.45) is 0.960. The van der Waals surface area contributed by atoms with Gasteiger partial charge in [0, 0.05) is 37.7 Å².